The van der Waals surface area contributed by atoms with Crippen molar-refractivity contribution in [2.24, 2.45) is 11.7 Å². The maximum Gasteiger partial charge on any atom is 0.272 e. The summed E-state index contributed by atoms with van der Waals surface area (Å²) in [5.41, 5.74) is 4.93. The SMILES string of the molecule is N#CCC1(n2cc(C(N)=O)c(NC(=O)C3CC3)n2)CCC(N2CC(F)(F)C2)CC1. The molecular formula is C19H24F2N6O2. The highest BCUT2D eigenvalue weighted by Gasteiger charge is 2.49. The Morgan fingerprint density at radius 1 is 1.28 bits per heavy atom. The van der Waals surface area contributed by atoms with E-state index in [1.165, 1.54) is 6.20 Å². The van der Waals surface area contributed by atoms with E-state index in [-0.39, 0.29) is 48.8 Å². The predicted octanol–water partition coefficient (Wildman–Crippen LogP) is 1.83. The number of rotatable bonds is 6. The van der Waals surface area contributed by atoms with Gasteiger partial charge in [0.1, 0.15) is 5.56 Å². The molecule has 10 heteroatoms. The zero-order valence-electron chi connectivity index (χ0n) is 16.0. The summed E-state index contributed by atoms with van der Waals surface area (Å²) in [5.74, 6) is -3.43. The molecule has 3 aliphatic rings. The van der Waals surface area contributed by atoms with Crippen LogP contribution in [-0.4, -0.2) is 51.5 Å². The maximum absolute atomic E-state index is 13.2. The van der Waals surface area contributed by atoms with Crippen LogP contribution in [0.15, 0.2) is 6.20 Å². The van der Waals surface area contributed by atoms with E-state index < -0.39 is 17.4 Å². The molecule has 0 spiro atoms. The van der Waals surface area contributed by atoms with Gasteiger partial charge in [-0.25, -0.2) is 8.78 Å². The summed E-state index contributed by atoms with van der Waals surface area (Å²) in [5, 5.41) is 16.5. The van der Waals surface area contributed by atoms with Crippen LogP contribution in [0.3, 0.4) is 0 Å². The largest absolute Gasteiger partial charge is 0.365 e. The molecule has 0 bridgehead atoms. The van der Waals surface area contributed by atoms with E-state index in [1.807, 2.05) is 0 Å². The summed E-state index contributed by atoms with van der Waals surface area (Å²) in [7, 11) is 0. The van der Waals surface area contributed by atoms with Gasteiger partial charge in [0.2, 0.25) is 5.91 Å². The standard InChI is InChI=1S/C19H24F2N6O2/c20-19(21)10-26(11-19)13-3-5-18(6-4-13,7-8-22)27-9-14(15(23)28)16(25-27)24-17(29)12-1-2-12/h9,12-13H,1-7,10-11H2,(H2,23,28)(H,24,25,29). The highest BCUT2D eigenvalue weighted by Crippen LogP contribution is 2.42. The summed E-state index contributed by atoms with van der Waals surface area (Å²) in [4.78, 5) is 25.8. The lowest BCUT2D eigenvalue weighted by atomic mass is 9.76. The maximum atomic E-state index is 13.2. The average Bonchev–Trinajstić information content (AvgIpc) is 3.41. The van der Waals surface area contributed by atoms with Crippen LogP contribution in [0.4, 0.5) is 14.6 Å². The van der Waals surface area contributed by atoms with Crippen LogP contribution in [-0.2, 0) is 10.3 Å². The van der Waals surface area contributed by atoms with E-state index in [0.717, 1.165) is 12.8 Å². The van der Waals surface area contributed by atoms with Gasteiger partial charge in [-0.15, -0.1) is 0 Å². The Labute approximate surface area is 167 Å². The fraction of sp³-hybridized carbons (Fsp3) is 0.684. The number of alkyl halides is 2. The summed E-state index contributed by atoms with van der Waals surface area (Å²) >= 11 is 0. The van der Waals surface area contributed by atoms with Gasteiger partial charge in [0, 0.05) is 18.2 Å². The van der Waals surface area contributed by atoms with Gasteiger partial charge in [-0.05, 0) is 38.5 Å². The van der Waals surface area contributed by atoms with Gasteiger partial charge < -0.3 is 11.1 Å². The van der Waals surface area contributed by atoms with Gasteiger partial charge in [-0.2, -0.15) is 10.4 Å². The van der Waals surface area contributed by atoms with E-state index in [1.54, 1.807) is 9.58 Å². The molecule has 3 N–H and O–H groups in total. The van der Waals surface area contributed by atoms with Crippen molar-refractivity contribution in [2.75, 3.05) is 18.4 Å². The number of amides is 2. The Kier molecular flexibility index (Phi) is 4.81. The van der Waals surface area contributed by atoms with E-state index in [0.29, 0.717) is 25.7 Å². The Morgan fingerprint density at radius 3 is 2.45 bits per heavy atom. The summed E-state index contributed by atoms with van der Waals surface area (Å²) in [6.07, 6.45) is 5.76. The molecule has 1 aromatic rings. The molecule has 2 saturated carbocycles. The van der Waals surface area contributed by atoms with Crippen LogP contribution in [0.2, 0.25) is 0 Å². The van der Waals surface area contributed by atoms with Crippen LogP contribution >= 0.6 is 0 Å². The van der Waals surface area contributed by atoms with Gasteiger partial charge in [-0.3, -0.25) is 19.2 Å². The number of hydrogen-bond acceptors (Lipinski definition) is 5. The molecule has 8 nitrogen and oxygen atoms in total. The molecule has 0 atom stereocenters. The monoisotopic (exact) mass is 406 g/mol. The van der Waals surface area contributed by atoms with Crippen molar-refractivity contribution in [3.05, 3.63) is 11.8 Å². The van der Waals surface area contributed by atoms with Crippen LogP contribution < -0.4 is 11.1 Å². The number of nitrogens with zero attached hydrogens (tertiary/aromatic N) is 4. The summed E-state index contributed by atoms with van der Waals surface area (Å²) in [6, 6.07) is 2.25. The zero-order chi connectivity index (χ0) is 20.8. The highest BCUT2D eigenvalue weighted by molar-refractivity contribution is 6.02. The lowest BCUT2D eigenvalue weighted by Gasteiger charge is -2.48. The number of nitriles is 1. The number of likely N-dealkylation sites (tertiary alicyclic amines) is 1. The number of nitrogens with one attached hydrogen (secondary N) is 1. The second-order valence-corrected chi connectivity index (χ2v) is 8.52. The van der Waals surface area contributed by atoms with E-state index in [9.17, 15) is 23.6 Å². The van der Waals surface area contributed by atoms with E-state index >= 15 is 0 Å². The molecule has 1 saturated heterocycles. The predicted molar refractivity (Wildman–Crippen MR) is 99.1 cm³/mol. The molecule has 29 heavy (non-hydrogen) atoms. The molecule has 3 fully saturated rings. The molecule has 0 radical (unpaired) electrons. The molecule has 156 valence electrons. The molecular weight excluding hydrogens is 382 g/mol. The van der Waals surface area contributed by atoms with Crippen molar-refractivity contribution in [1.29, 1.82) is 5.26 Å². The first-order valence-corrected chi connectivity index (χ1v) is 9.93. The molecule has 0 unspecified atom stereocenters. The quantitative estimate of drug-likeness (QED) is 0.747. The number of anilines is 1. The number of halogens is 2. The van der Waals surface area contributed by atoms with E-state index in [4.69, 9.17) is 5.73 Å². The first-order valence-electron chi connectivity index (χ1n) is 9.93. The summed E-state index contributed by atoms with van der Waals surface area (Å²) in [6.45, 7) is -0.429. The summed E-state index contributed by atoms with van der Waals surface area (Å²) < 4.78 is 28.0. The van der Waals surface area contributed by atoms with Gasteiger partial charge in [-0.1, -0.05) is 0 Å². The zero-order valence-corrected chi connectivity index (χ0v) is 16.0. The van der Waals surface area contributed by atoms with Crippen molar-refractivity contribution < 1.29 is 18.4 Å². The second-order valence-electron chi connectivity index (χ2n) is 8.52. The van der Waals surface area contributed by atoms with Crippen molar-refractivity contribution in [3.8, 4) is 6.07 Å². The Balaban J connectivity index is 1.53. The number of aromatic nitrogens is 2. The molecule has 1 aliphatic heterocycles. The lowest BCUT2D eigenvalue weighted by Crippen LogP contribution is -2.61. The second kappa shape index (κ2) is 7.06. The minimum Gasteiger partial charge on any atom is -0.365 e. The number of primary amides is 1. The van der Waals surface area contributed by atoms with Crippen molar-refractivity contribution >= 4 is 17.6 Å². The van der Waals surface area contributed by atoms with Crippen LogP contribution in [0.1, 0.15) is 55.3 Å². The van der Waals surface area contributed by atoms with Crippen LogP contribution in [0.25, 0.3) is 0 Å². The molecule has 2 aliphatic carbocycles. The molecule has 2 amide bonds. The van der Waals surface area contributed by atoms with Crippen molar-refractivity contribution in [2.45, 2.75) is 62.4 Å². The minimum absolute atomic E-state index is 0.0564. The van der Waals surface area contributed by atoms with Crippen LogP contribution in [0.5, 0.6) is 0 Å². The third-order valence-corrected chi connectivity index (χ3v) is 6.33. The Morgan fingerprint density at radius 2 is 1.93 bits per heavy atom. The smallest absolute Gasteiger partial charge is 0.272 e. The number of carbonyl (C=O) groups excluding carboxylic acids is 2. The first-order chi connectivity index (χ1) is 13.7. The fourth-order valence-corrected chi connectivity index (χ4v) is 4.40. The molecule has 4 rings (SSSR count). The molecule has 2 heterocycles. The van der Waals surface area contributed by atoms with Gasteiger partial charge >= 0.3 is 0 Å². The normalized spacial score (nSPS) is 28.9. The third-order valence-electron chi connectivity index (χ3n) is 6.33. The third kappa shape index (κ3) is 3.83. The Bertz CT molecular complexity index is 857. The van der Waals surface area contributed by atoms with Gasteiger partial charge in [0.05, 0.1) is 31.1 Å². The van der Waals surface area contributed by atoms with Crippen molar-refractivity contribution in [1.82, 2.24) is 14.7 Å². The van der Waals surface area contributed by atoms with Crippen LogP contribution in [0, 0.1) is 17.2 Å². The van der Waals surface area contributed by atoms with Crippen molar-refractivity contribution in [3.63, 3.8) is 0 Å². The molecule has 1 aromatic heterocycles. The number of nitrogens with two attached hydrogens (primary N) is 1. The molecule has 0 aromatic carbocycles. The average molecular weight is 406 g/mol. The van der Waals surface area contributed by atoms with E-state index in [2.05, 4.69) is 16.5 Å². The van der Waals surface area contributed by atoms with Gasteiger partial charge in [0.25, 0.3) is 11.8 Å². The van der Waals surface area contributed by atoms with Gasteiger partial charge in [0.15, 0.2) is 5.82 Å². The lowest BCUT2D eigenvalue weighted by molar-refractivity contribution is -0.152. The Hall–Kier alpha value is -2.54. The minimum atomic E-state index is -2.60. The fourth-order valence-electron chi connectivity index (χ4n) is 4.40. The topological polar surface area (TPSA) is 117 Å². The first kappa shape index (κ1) is 19.8. The highest BCUT2D eigenvalue weighted by atomic mass is 19.3. The number of hydrogen-bond donors (Lipinski definition) is 2. The number of carbonyl (C=O) groups is 2.